The van der Waals surface area contributed by atoms with Crippen molar-refractivity contribution < 1.29 is 24.5 Å². The molecule has 0 atom stereocenters. The maximum Gasteiger partial charge on any atom is 0.216 e. The second-order valence-electron chi connectivity index (χ2n) is 9.23. The van der Waals surface area contributed by atoms with E-state index in [-0.39, 0.29) is 20.1 Å². The summed E-state index contributed by atoms with van der Waals surface area (Å²) in [5.41, 5.74) is 5.24. The monoisotopic (exact) mass is 664 g/mol. The average molecular weight is 664 g/mol. The molecule has 0 spiro atoms. The summed E-state index contributed by atoms with van der Waals surface area (Å²) in [5.74, 6) is 0. The summed E-state index contributed by atoms with van der Waals surface area (Å²) in [6.45, 7) is 6.96. The van der Waals surface area contributed by atoms with Crippen LogP contribution in [0.15, 0.2) is 102 Å². The second kappa shape index (κ2) is 11.1. The topological polar surface area (TPSA) is 51.8 Å². The molecule has 0 unspecified atom stereocenters. The van der Waals surface area contributed by atoms with Gasteiger partial charge in [0.15, 0.2) is 0 Å². The Hall–Kier alpha value is -3.44. The number of fused-ring (bicyclic) bond motifs is 3. The van der Waals surface area contributed by atoms with E-state index >= 15 is 0 Å². The summed E-state index contributed by atoms with van der Waals surface area (Å²) in [5, 5.41) is 3.43. The van der Waals surface area contributed by atoms with Gasteiger partial charge in [0.25, 0.3) is 0 Å². The minimum absolute atomic E-state index is 0. The van der Waals surface area contributed by atoms with Crippen molar-refractivity contribution in [3.63, 3.8) is 0 Å². The maximum absolute atomic E-state index is 5.96. The molecule has 36 heavy (non-hydrogen) atoms. The van der Waals surface area contributed by atoms with Gasteiger partial charge in [-0.1, -0.05) is 54.9 Å². The number of nitrogens with zero attached hydrogens (tertiary/aromatic N) is 3. The van der Waals surface area contributed by atoms with Gasteiger partial charge in [0.2, 0.25) is 5.71 Å². The Morgan fingerprint density at radius 2 is 1.53 bits per heavy atom. The van der Waals surface area contributed by atoms with Crippen molar-refractivity contribution in [2.45, 2.75) is 19.6 Å². The van der Waals surface area contributed by atoms with Gasteiger partial charge in [-0.15, -0.1) is 54.1 Å². The third-order valence-corrected chi connectivity index (χ3v) is 7.77. The summed E-state index contributed by atoms with van der Waals surface area (Å²) >= 11 is 0. The quantitative estimate of drug-likeness (QED) is 0.152. The van der Waals surface area contributed by atoms with Gasteiger partial charge >= 0.3 is 0 Å². The van der Waals surface area contributed by atoms with Crippen LogP contribution in [0.5, 0.6) is 0 Å². The standard InChI is InChI=1S/C19H17N2OSi.C11H8N.Ir/c1-23(2,3)13-9-10-17(21-12-13)16-7-4-6-14-15-8-5-11-20-19(15)22-18(14)16;1-2-6-10(7-3-1)11-8-4-5-9-12-11;/h4-6,8-12H,1-3H3;1-6,8-9H;/q2*-1;. The Balaban J connectivity index is 0.000000198. The minimum atomic E-state index is -1.34. The molecule has 6 heteroatoms. The predicted octanol–water partition coefficient (Wildman–Crippen LogP) is 6.93. The van der Waals surface area contributed by atoms with Gasteiger partial charge in [-0.3, -0.25) is 0 Å². The first-order valence-electron chi connectivity index (χ1n) is 11.5. The first kappa shape index (κ1) is 25.6. The fraction of sp³-hybridized carbons (Fsp3) is 0.100. The van der Waals surface area contributed by atoms with E-state index in [1.165, 1.54) is 5.19 Å². The molecule has 6 rings (SSSR count). The third kappa shape index (κ3) is 5.52. The second-order valence-corrected chi connectivity index (χ2v) is 14.3. The summed E-state index contributed by atoms with van der Waals surface area (Å²) in [7, 11) is -1.34. The van der Waals surface area contributed by atoms with Crippen LogP contribution in [0.2, 0.25) is 19.6 Å². The molecule has 4 nitrogen and oxygen atoms in total. The first-order valence-corrected chi connectivity index (χ1v) is 15.0. The molecule has 0 aliphatic heterocycles. The summed E-state index contributed by atoms with van der Waals surface area (Å²) in [4.78, 5) is 13.2. The number of benzene rings is 2. The molecule has 0 N–H and O–H groups in total. The summed E-state index contributed by atoms with van der Waals surface area (Å²) < 4.78 is 5.96. The molecule has 6 aromatic rings. The van der Waals surface area contributed by atoms with Gasteiger partial charge < -0.3 is 14.4 Å². The average Bonchev–Trinajstić information content (AvgIpc) is 3.29. The number of furan rings is 1. The van der Waals surface area contributed by atoms with Crippen molar-refractivity contribution >= 4 is 35.3 Å². The van der Waals surface area contributed by atoms with Gasteiger partial charge in [-0.2, -0.15) is 0 Å². The van der Waals surface area contributed by atoms with Crippen molar-refractivity contribution in [3.8, 4) is 22.5 Å². The van der Waals surface area contributed by atoms with Gasteiger partial charge in [-0.05, 0) is 34.8 Å². The number of hydrogen-bond acceptors (Lipinski definition) is 4. The summed E-state index contributed by atoms with van der Waals surface area (Å²) in [6.07, 6.45) is 5.53. The molecule has 0 saturated heterocycles. The SMILES string of the molecule is C[Si](C)(C)c1ccc(-c2[c-]ccc3c2oc2ncccc23)nc1.[Ir].[c-]1ccccc1-c1ccccn1. The molecule has 181 valence electrons. The molecule has 4 heterocycles. The molecule has 0 fully saturated rings. The third-order valence-electron chi connectivity index (χ3n) is 5.74. The van der Waals surface area contributed by atoms with Gasteiger partial charge in [0.05, 0.1) is 13.7 Å². The molecular formula is C30H25IrN3OSi-2. The molecule has 0 saturated carbocycles. The van der Waals surface area contributed by atoms with E-state index in [1.54, 1.807) is 12.4 Å². The van der Waals surface area contributed by atoms with E-state index < -0.39 is 8.07 Å². The first-order chi connectivity index (χ1) is 17.0. The molecule has 0 aliphatic carbocycles. The van der Waals surface area contributed by atoms with Crippen LogP contribution in [0.3, 0.4) is 0 Å². The van der Waals surface area contributed by atoms with Crippen LogP contribution in [0.25, 0.3) is 44.6 Å². The van der Waals surface area contributed by atoms with E-state index in [0.29, 0.717) is 5.71 Å². The Morgan fingerprint density at radius 3 is 2.22 bits per heavy atom. The number of pyridine rings is 3. The minimum Gasteiger partial charge on any atom is -0.486 e. The zero-order valence-electron chi connectivity index (χ0n) is 20.3. The number of rotatable bonds is 3. The normalized spacial score (nSPS) is 11.0. The molecule has 4 aromatic heterocycles. The van der Waals surface area contributed by atoms with Crippen molar-refractivity contribution in [3.05, 3.63) is 110 Å². The van der Waals surface area contributed by atoms with E-state index in [0.717, 1.165) is 38.9 Å². The van der Waals surface area contributed by atoms with Gasteiger partial charge in [-0.25, -0.2) is 4.98 Å². The molecule has 0 aliphatic rings. The zero-order valence-corrected chi connectivity index (χ0v) is 23.7. The van der Waals surface area contributed by atoms with E-state index in [1.807, 2.05) is 72.9 Å². The largest absolute Gasteiger partial charge is 0.486 e. The zero-order chi connectivity index (χ0) is 24.3. The van der Waals surface area contributed by atoms with Gasteiger partial charge in [0.1, 0.15) is 0 Å². The Bertz CT molecular complexity index is 1520. The predicted molar refractivity (Wildman–Crippen MR) is 145 cm³/mol. The summed E-state index contributed by atoms with van der Waals surface area (Å²) in [6, 6.07) is 32.2. The van der Waals surface area contributed by atoms with Crippen LogP contribution in [-0.2, 0) is 20.1 Å². The molecule has 0 amide bonds. The van der Waals surface area contributed by atoms with Crippen LogP contribution in [0, 0.1) is 12.1 Å². The van der Waals surface area contributed by atoms with E-state index in [9.17, 15) is 0 Å². The van der Waals surface area contributed by atoms with Crippen molar-refractivity contribution in [2.24, 2.45) is 0 Å². The van der Waals surface area contributed by atoms with E-state index in [2.05, 4.69) is 58.9 Å². The van der Waals surface area contributed by atoms with Crippen LogP contribution in [0.1, 0.15) is 0 Å². The Morgan fingerprint density at radius 1 is 0.694 bits per heavy atom. The Labute approximate surface area is 225 Å². The molecule has 0 bridgehead atoms. The van der Waals surface area contributed by atoms with Crippen molar-refractivity contribution in [1.29, 1.82) is 0 Å². The number of hydrogen-bond donors (Lipinski definition) is 0. The van der Waals surface area contributed by atoms with Crippen molar-refractivity contribution in [1.82, 2.24) is 15.0 Å². The van der Waals surface area contributed by atoms with E-state index in [4.69, 9.17) is 4.42 Å². The molecular weight excluding hydrogens is 639 g/mol. The molecule has 1 radical (unpaired) electrons. The smallest absolute Gasteiger partial charge is 0.216 e. The molecule has 2 aromatic carbocycles. The van der Waals surface area contributed by atoms with Crippen LogP contribution in [-0.4, -0.2) is 23.0 Å². The van der Waals surface area contributed by atoms with Crippen LogP contribution in [0.4, 0.5) is 0 Å². The number of aromatic nitrogens is 3. The van der Waals surface area contributed by atoms with Gasteiger partial charge in [0, 0.05) is 44.1 Å². The van der Waals surface area contributed by atoms with Crippen molar-refractivity contribution in [2.75, 3.05) is 0 Å². The fourth-order valence-corrected chi connectivity index (χ4v) is 4.86. The fourth-order valence-electron chi connectivity index (χ4n) is 3.83. The van der Waals surface area contributed by atoms with Crippen LogP contribution >= 0.6 is 0 Å². The Kier molecular flexibility index (Phi) is 7.90. The van der Waals surface area contributed by atoms with Crippen LogP contribution < -0.4 is 5.19 Å². The maximum atomic E-state index is 5.96.